The molecule has 4 N–H and O–H groups in total. The van der Waals surface area contributed by atoms with E-state index in [9.17, 15) is 8.42 Å². The summed E-state index contributed by atoms with van der Waals surface area (Å²) < 4.78 is 28.5. The SMILES string of the molecule is Cc1c(OCCCC(C)C)cc(N)cc1S(N)(=O)=O. The molecule has 0 radical (unpaired) electrons. The average molecular weight is 286 g/mol. The highest BCUT2D eigenvalue weighted by Crippen LogP contribution is 2.28. The van der Waals surface area contributed by atoms with Crippen molar-refractivity contribution in [1.29, 1.82) is 0 Å². The van der Waals surface area contributed by atoms with Crippen molar-refractivity contribution >= 4 is 15.7 Å². The lowest BCUT2D eigenvalue weighted by Gasteiger charge is -2.13. The van der Waals surface area contributed by atoms with E-state index in [0.717, 1.165) is 12.8 Å². The summed E-state index contributed by atoms with van der Waals surface area (Å²) in [5.41, 5.74) is 6.51. The van der Waals surface area contributed by atoms with E-state index in [4.69, 9.17) is 15.6 Å². The molecule has 0 aromatic heterocycles. The monoisotopic (exact) mass is 286 g/mol. The van der Waals surface area contributed by atoms with Crippen LogP contribution in [0, 0.1) is 12.8 Å². The summed E-state index contributed by atoms with van der Waals surface area (Å²) >= 11 is 0. The van der Waals surface area contributed by atoms with Crippen molar-refractivity contribution in [3.8, 4) is 5.75 Å². The van der Waals surface area contributed by atoms with Crippen LogP contribution in [-0.4, -0.2) is 15.0 Å². The van der Waals surface area contributed by atoms with Crippen LogP contribution >= 0.6 is 0 Å². The summed E-state index contributed by atoms with van der Waals surface area (Å²) in [7, 11) is -3.78. The van der Waals surface area contributed by atoms with E-state index in [1.807, 2.05) is 0 Å². The molecule has 1 rings (SSSR count). The van der Waals surface area contributed by atoms with Gasteiger partial charge in [0.25, 0.3) is 0 Å². The van der Waals surface area contributed by atoms with Gasteiger partial charge in [0.2, 0.25) is 10.0 Å². The fraction of sp³-hybridized carbons (Fsp3) is 0.538. The highest BCUT2D eigenvalue weighted by Gasteiger charge is 2.16. The number of hydrogen-bond acceptors (Lipinski definition) is 4. The van der Waals surface area contributed by atoms with Crippen LogP contribution in [0.25, 0.3) is 0 Å². The van der Waals surface area contributed by atoms with E-state index < -0.39 is 10.0 Å². The summed E-state index contributed by atoms with van der Waals surface area (Å²) in [5, 5.41) is 5.15. The van der Waals surface area contributed by atoms with Crippen molar-refractivity contribution in [2.45, 2.75) is 38.5 Å². The third-order valence-corrected chi connectivity index (χ3v) is 3.86. The number of nitrogens with two attached hydrogens (primary N) is 2. The maximum absolute atomic E-state index is 11.4. The Hall–Kier alpha value is -1.27. The van der Waals surface area contributed by atoms with Gasteiger partial charge >= 0.3 is 0 Å². The lowest BCUT2D eigenvalue weighted by molar-refractivity contribution is 0.295. The third kappa shape index (κ3) is 4.72. The third-order valence-electron chi connectivity index (χ3n) is 2.82. The van der Waals surface area contributed by atoms with Crippen LogP contribution in [0.5, 0.6) is 5.75 Å². The molecule has 0 aliphatic rings. The Bertz CT molecular complexity index is 539. The maximum atomic E-state index is 11.4. The molecule has 0 atom stereocenters. The van der Waals surface area contributed by atoms with Crippen LogP contribution in [0.15, 0.2) is 17.0 Å². The van der Waals surface area contributed by atoms with Gasteiger partial charge in [-0.3, -0.25) is 0 Å². The first-order valence-electron chi connectivity index (χ1n) is 6.27. The van der Waals surface area contributed by atoms with Gasteiger partial charge in [-0.15, -0.1) is 0 Å². The van der Waals surface area contributed by atoms with E-state index in [1.54, 1.807) is 13.0 Å². The molecule has 0 aliphatic carbocycles. The Balaban J connectivity index is 2.87. The van der Waals surface area contributed by atoms with Gasteiger partial charge in [0, 0.05) is 17.3 Å². The number of nitrogen functional groups attached to an aromatic ring is 1. The Kier molecular flexibility index (Phi) is 5.20. The lowest BCUT2D eigenvalue weighted by Crippen LogP contribution is -2.15. The van der Waals surface area contributed by atoms with Crippen molar-refractivity contribution in [3.05, 3.63) is 17.7 Å². The fourth-order valence-electron chi connectivity index (χ4n) is 1.80. The smallest absolute Gasteiger partial charge is 0.238 e. The van der Waals surface area contributed by atoms with E-state index in [2.05, 4.69) is 13.8 Å². The number of ether oxygens (including phenoxy) is 1. The highest BCUT2D eigenvalue weighted by molar-refractivity contribution is 7.89. The predicted molar refractivity (Wildman–Crippen MR) is 76.5 cm³/mol. The Morgan fingerprint density at radius 1 is 1.32 bits per heavy atom. The molecule has 0 unspecified atom stereocenters. The molecule has 1 aromatic carbocycles. The zero-order valence-electron chi connectivity index (χ0n) is 11.6. The minimum atomic E-state index is -3.78. The summed E-state index contributed by atoms with van der Waals surface area (Å²) in [6.45, 7) is 6.49. The molecule has 19 heavy (non-hydrogen) atoms. The zero-order chi connectivity index (χ0) is 14.6. The van der Waals surface area contributed by atoms with Crippen LogP contribution < -0.4 is 15.6 Å². The molecule has 0 aliphatic heterocycles. The molecule has 108 valence electrons. The van der Waals surface area contributed by atoms with Crippen LogP contribution in [0.4, 0.5) is 5.69 Å². The molecule has 0 fully saturated rings. The number of sulfonamides is 1. The van der Waals surface area contributed by atoms with Gasteiger partial charge < -0.3 is 10.5 Å². The second kappa shape index (κ2) is 6.25. The molecule has 0 spiro atoms. The van der Waals surface area contributed by atoms with Crippen LogP contribution in [-0.2, 0) is 10.0 Å². The van der Waals surface area contributed by atoms with Gasteiger partial charge in [-0.2, -0.15) is 0 Å². The van der Waals surface area contributed by atoms with E-state index in [-0.39, 0.29) is 4.90 Å². The number of primary sulfonamides is 1. The molecule has 0 amide bonds. The summed E-state index contributed by atoms with van der Waals surface area (Å²) in [5.74, 6) is 1.10. The van der Waals surface area contributed by atoms with Crippen molar-refractivity contribution in [2.24, 2.45) is 11.1 Å². The summed E-state index contributed by atoms with van der Waals surface area (Å²) in [6.07, 6.45) is 1.97. The molecular formula is C13H22N2O3S. The van der Waals surface area contributed by atoms with Crippen LogP contribution in [0.1, 0.15) is 32.3 Å². The quantitative estimate of drug-likeness (QED) is 0.618. The van der Waals surface area contributed by atoms with Gasteiger partial charge in [0.1, 0.15) is 5.75 Å². The van der Waals surface area contributed by atoms with Gasteiger partial charge in [0.05, 0.1) is 11.5 Å². The highest BCUT2D eigenvalue weighted by atomic mass is 32.2. The van der Waals surface area contributed by atoms with Crippen molar-refractivity contribution < 1.29 is 13.2 Å². The number of benzene rings is 1. The minimum absolute atomic E-state index is 0.0198. The van der Waals surface area contributed by atoms with Crippen molar-refractivity contribution in [2.75, 3.05) is 12.3 Å². The number of rotatable bonds is 6. The van der Waals surface area contributed by atoms with Crippen molar-refractivity contribution in [3.63, 3.8) is 0 Å². The maximum Gasteiger partial charge on any atom is 0.238 e. The largest absolute Gasteiger partial charge is 0.493 e. The lowest BCUT2D eigenvalue weighted by atomic mass is 10.1. The minimum Gasteiger partial charge on any atom is -0.493 e. The molecule has 0 saturated carbocycles. The Morgan fingerprint density at radius 2 is 1.95 bits per heavy atom. The van der Waals surface area contributed by atoms with Crippen LogP contribution in [0.2, 0.25) is 0 Å². The van der Waals surface area contributed by atoms with E-state index in [0.29, 0.717) is 29.5 Å². The van der Waals surface area contributed by atoms with Crippen LogP contribution in [0.3, 0.4) is 0 Å². The normalized spacial score (nSPS) is 11.8. The molecule has 1 aromatic rings. The Morgan fingerprint density at radius 3 is 2.47 bits per heavy atom. The van der Waals surface area contributed by atoms with Gasteiger partial charge in [-0.1, -0.05) is 13.8 Å². The first-order chi connectivity index (χ1) is 8.71. The first-order valence-corrected chi connectivity index (χ1v) is 7.82. The molecule has 0 heterocycles. The van der Waals surface area contributed by atoms with E-state index in [1.165, 1.54) is 6.07 Å². The molecule has 6 heteroatoms. The summed E-state index contributed by atoms with van der Waals surface area (Å²) in [6, 6.07) is 2.98. The van der Waals surface area contributed by atoms with Gasteiger partial charge in [-0.05, 0) is 31.7 Å². The molecule has 5 nitrogen and oxygen atoms in total. The summed E-state index contributed by atoms with van der Waals surface area (Å²) in [4.78, 5) is 0.0198. The number of anilines is 1. The zero-order valence-corrected chi connectivity index (χ0v) is 12.5. The Labute approximate surface area is 115 Å². The number of hydrogen-bond donors (Lipinski definition) is 2. The second-order valence-corrected chi connectivity index (χ2v) is 6.60. The van der Waals surface area contributed by atoms with E-state index >= 15 is 0 Å². The first kappa shape index (κ1) is 15.8. The molecule has 0 saturated heterocycles. The molecule has 0 bridgehead atoms. The van der Waals surface area contributed by atoms with Gasteiger partial charge in [0.15, 0.2) is 0 Å². The topological polar surface area (TPSA) is 95.4 Å². The predicted octanol–water partition coefficient (Wildman–Crippen LogP) is 2.04. The fourth-order valence-corrected chi connectivity index (χ4v) is 2.63. The second-order valence-electron chi connectivity index (χ2n) is 5.07. The van der Waals surface area contributed by atoms with Crippen molar-refractivity contribution in [1.82, 2.24) is 0 Å². The average Bonchev–Trinajstić information content (AvgIpc) is 2.26. The molecular weight excluding hydrogens is 264 g/mol. The standard InChI is InChI=1S/C13H22N2O3S/c1-9(2)5-4-6-18-12-7-11(14)8-13(10(12)3)19(15,16)17/h7-9H,4-6,14H2,1-3H3,(H2,15,16,17). The van der Waals surface area contributed by atoms with Gasteiger partial charge in [-0.25, -0.2) is 13.6 Å².